The first-order chi connectivity index (χ1) is 17.4. The minimum atomic E-state index is -0.433. The smallest absolute Gasteiger partial charge is 0.252 e. The maximum absolute atomic E-state index is 14.2. The van der Waals surface area contributed by atoms with Crippen LogP contribution in [0.2, 0.25) is 0 Å². The van der Waals surface area contributed by atoms with Crippen molar-refractivity contribution in [2.45, 2.75) is 58.3 Å². The molecule has 4 aromatic rings. The lowest BCUT2D eigenvalue weighted by Crippen LogP contribution is -2.59. The summed E-state index contributed by atoms with van der Waals surface area (Å²) >= 11 is 0. The molecule has 11 heteroatoms. The van der Waals surface area contributed by atoms with Crippen molar-refractivity contribution in [2.24, 2.45) is 7.05 Å². The van der Waals surface area contributed by atoms with E-state index in [1.807, 2.05) is 6.07 Å². The molecule has 1 aliphatic heterocycles. The number of halogens is 1. The van der Waals surface area contributed by atoms with Gasteiger partial charge in [-0.25, -0.2) is 13.9 Å². The molecule has 5 heterocycles. The minimum absolute atomic E-state index is 0.0241. The maximum Gasteiger partial charge on any atom is 0.252 e. The van der Waals surface area contributed by atoms with Crippen LogP contribution in [0.3, 0.4) is 0 Å². The Labute approximate surface area is 208 Å². The first-order valence-electron chi connectivity index (χ1n) is 12.3. The second-order valence-electron chi connectivity index (χ2n) is 9.41. The summed E-state index contributed by atoms with van der Waals surface area (Å²) in [5.41, 5.74) is 3.18. The normalized spacial score (nSPS) is 19.7. The van der Waals surface area contributed by atoms with Crippen LogP contribution in [0.5, 0.6) is 0 Å². The Balaban J connectivity index is 1.51. The SMILES string of the molecule is CC[C@H]1CN(C(C)c2ccn3ncc(F)c3n2)[C@H](CC)CN1c1cc(=O)n(C)c2cn(CC#N)nc12. The summed E-state index contributed by atoms with van der Waals surface area (Å²) in [5, 5.41) is 17.8. The third-order valence-electron chi connectivity index (χ3n) is 7.43. The van der Waals surface area contributed by atoms with Crippen LogP contribution >= 0.6 is 0 Å². The highest BCUT2D eigenvalue weighted by Crippen LogP contribution is 2.34. The Hall–Kier alpha value is -3.78. The first-order valence-corrected chi connectivity index (χ1v) is 12.3. The van der Waals surface area contributed by atoms with E-state index in [2.05, 4.69) is 51.8 Å². The van der Waals surface area contributed by atoms with Crippen molar-refractivity contribution in [3.63, 3.8) is 0 Å². The van der Waals surface area contributed by atoms with Gasteiger partial charge in [0, 0.05) is 50.5 Å². The summed E-state index contributed by atoms with van der Waals surface area (Å²) in [6.07, 6.45) is 6.47. The van der Waals surface area contributed by atoms with Crippen molar-refractivity contribution < 1.29 is 4.39 Å². The van der Waals surface area contributed by atoms with Gasteiger partial charge < -0.3 is 9.47 Å². The van der Waals surface area contributed by atoms with Crippen molar-refractivity contribution in [3.8, 4) is 6.07 Å². The Morgan fingerprint density at radius 1 is 1.25 bits per heavy atom. The molecule has 188 valence electrons. The molecular formula is C25H30FN9O. The van der Waals surface area contributed by atoms with Crippen molar-refractivity contribution in [1.82, 2.24) is 33.8 Å². The lowest BCUT2D eigenvalue weighted by molar-refractivity contribution is 0.0992. The fraction of sp³-hybridized carbons (Fsp3) is 0.480. The van der Waals surface area contributed by atoms with Crippen LogP contribution in [0.15, 0.2) is 35.5 Å². The van der Waals surface area contributed by atoms with Crippen LogP contribution in [0.25, 0.3) is 16.7 Å². The van der Waals surface area contributed by atoms with Crippen LogP contribution in [-0.4, -0.2) is 59.0 Å². The van der Waals surface area contributed by atoms with Crippen LogP contribution in [0.1, 0.15) is 45.3 Å². The number of nitrogens with zero attached hydrogens (tertiary/aromatic N) is 9. The third-order valence-corrected chi connectivity index (χ3v) is 7.43. The molecule has 4 aromatic heterocycles. The zero-order valence-electron chi connectivity index (χ0n) is 21.0. The van der Waals surface area contributed by atoms with E-state index < -0.39 is 5.82 Å². The van der Waals surface area contributed by atoms with Gasteiger partial charge in [-0.1, -0.05) is 13.8 Å². The number of nitriles is 1. The van der Waals surface area contributed by atoms with E-state index >= 15 is 0 Å². The Bertz CT molecular complexity index is 1510. The predicted octanol–water partition coefficient (Wildman–Crippen LogP) is 2.88. The zero-order valence-corrected chi connectivity index (χ0v) is 21.0. The van der Waals surface area contributed by atoms with Gasteiger partial charge in [-0.3, -0.25) is 14.4 Å². The largest absolute Gasteiger partial charge is 0.364 e. The highest BCUT2D eigenvalue weighted by Gasteiger charge is 2.36. The number of aromatic nitrogens is 6. The lowest BCUT2D eigenvalue weighted by Gasteiger charge is -2.49. The van der Waals surface area contributed by atoms with Gasteiger partial charge in [0.05, 0.1) is 35.4 Å². The van der Waals surface area contributed by atoms with Crippen LogP contribution in [0.4, 0.5) is 10.1 Å². The fourth-order valence-electron chi connectivity index (χ4n) is 5.32. The van der Waals surface area contributed by atoms with Gasteiger partial charge in [0.1, 0.15) is 12.1 Å². The highest BCUT2D eigenvalue weighted by molar-refractivity contribution is 5.88. The second-order valence-corrected chi connectivity index (χ2v) is 9.41. The van der Waals surface area contributed by atoms with Crippen molar-refractivity contribution >= 4 is 22.4 Å². The van der Waals surface area contributed by atoms with Gasteiger partial charge in [-0.05, 0) is 25.8 Å². The van der Waals surface area contributed by atoms with Gasteiger partial charge >= 0.3 is 0 Å². The molecule has 0 spiro atoms. The van der Waals surface area contributed by atoms with E-state index in [1.165, 1.54) is 10.7 Å². The molecule has 3 atom stereocenters. The molecule has 1 unspecified atom stereocenters. The zero-order chi connectivity index (χ0) is 25.6. The van der Waals surface area contributed by atoms with E-state index in [1.54, 1.807) is 34.8 Å². The molecule has 1 fully saturated rings. The highest BCUT2D eigenvalue weighted by atomic mass is 19.1. The first kappa shape index (κ1) is 23.9. The molecular weight excluding hydrogens is 461 g/mol. The molecule has 0 aromatic carbocycles. The van der Waals surface area contributed by atoms with E-state index in [0.29, 0.717) is 5.52 Å². The molecule has 0 saturated carbocycles. The Kier molecular flexibility index (Phi) is 6.22. The minimum Gasteiger partial charge on any atom is -0.364 e. The van der Waals surface area contributed by atoms with E-state index in [-0.39, 0.29) is 35.9 Å². The Morgan fingerprint density at radius 2 is 2.03 bits per heavy atom. The quantitative estimate of drug-likeness (QED) is 0.409. The molecule has 0 radical (unpaired) electrons. The third kappa shape index (κ3) is 3.91. The number of pyridine rings is 1. The maximum atomic E-state index is 14.2. The molecule has 0 N–H and O–H groups in total. The van der Waals surface area contributed by atoms with Gasteiger partial charge in [0.2, 0.25) is 0 Å². The van der Waals surface area contributed by atoms with Crippen molar-refractivity contribution in [3.05, 3.63) is 52.6 Å². The summed E-state index contributed by atoms with van der Waals surface area (Å²) in [4.78, 5) is 22.2. The monoisotopic (exact) mass is 491 g/mol. The number of hydrogen-bond acceptors (Lipinski definition) is 7. The number of piperazine rings is 1. The lowest BCUT2D eigenvalue weighted by atomic mass is 9.98. The number of anilines is 1. The standard InChI is InChI=1S/C25H30FN9O/c1-5-17-14-34(21-11-23(36)31(4)22-15-32(10-8-27)30-24(21)22)18(6-2)13-33(17)16(3)20-7-9-35-25(29-20)19(26)12-28-35/h7,9,11-12,15-18H,5-6,10,13-14H2,1-4H3/t16?,17-,18+/m1/s1. The van der Waals surface area contributed by atoms with Gasteiger partial charge in [-0.2, -0.15) is 15.5 Å². The van der Waals surface area contributed by atoms with Crippen LogP contribution in [-0.2, 0) is 13.6 Å². The number of rotatable bonds is 6. The molecule has 0 amide bonds. The molecule has 0 bridgehead atoms. The summed E-state index contributed by atoms with van der Waals surface area (Å²) in [5.74, 6) is -0.433. The number of aryl methyl sites for hydroxylation is 1. The molecule has 36 heavy (non-hydrogen) atoms. The molecule has 1 saturated heterocycles. The van der Waals surface area contributed by atoms with E-state index in [9.17, 15) is 9.18 Å². The summed E-state index contributed by atoms with van der Waals surface area (Å²) in [6.45, 7) is 8.01. The van der Waals surface area contributed by atoms with Crippen molar-refractivity contribution in [2.75, 3.05) is 18.0 Å². The fourth-order valence-corrected chi connectivity index (χ4v) is 5.32. The van der Waals surface area contributed by atoms with Gasteiger partial charge in [0.25, 0.3) is 5.56 Å². The number of hydrogen-bond donors (Lipinski definition) is 0. The van der Waals surface area contributed by atoms with Crippen molar-refractivity contribution in [1.29, 1.82) is 5.26 Å². The van der Waals surface area contributed by atoms with Gasteiger partial charge in [0.15, 0.2) is 11.5 Å². The number of fused-ring (bicyclic) bond motifs is 2. The van der Waals surface area contributed by atoms with E-state index in [0.717, 1.165) is 42.8 Å². The molecule has 0 aliphatic carbocycles. The van der Waals surface area contributed by atoms with E-state index in [4.69, 9.17) is 5.26 Å². The predicted molar refractivity (Wildman–Crippen MR) is 134 cm³/mol. The second kappa shape index (κ2) is 9.35. The molecule has 10 nitrogen and oxygen atoms in total. The van der Waals surface area contributed by atoms with Gasteiger partial charge in [-0.15, -0.1) is 0 Å². The summed E-state index contributed by atoms with van der Waals surface area (Å²) in [6, 6.07) is 5.99. The summed E-state index contributed by atoms with van der Waals surface area (Å²) < 4.78 is 18.8. The topological polar surface area (TPSA) is 100 Å². The Morgan fingerprint density at radius 3 is 2.75 bits per heavy atom. The van der Waals surface area contributed by atoms with Crippen LogP contribution < -0.4 is 10.5 Å². The average Bonchev–Trinajstić information content (AvgIpc) is 3.48. The molecule has 5 rings (SSSR count). The van der Waals surface area contributed by atoms with Crippen LogP contribution in [0, 0.1) is 17.1 Å². The summed E-state index contributed by atoms with van der Waals surface area (Å²) in [7, 11) is 1.73. The molecule has 1 aliphatic rings. The average molecular weight is 492 g/mol.